The third-order valence-electron chi connectivity index (χ3n) is 9.50. The molecule has 7 rings (SSSR count). The Hall–Kier alpha value is -3.34. The second kappa shape index (κ2) is 9.09. The van der Waals surface area contributed by atoms with E-state index in [0.29, 0.717) is 37.0 Å². The average Bonchev–Trinajstić information content (AvgIpc) is 3.69. The van der Waals surface area contributed by atoms with E-state index in [1.807, 2.05) is 29.2 Å². The quantitative estimate of drug-likeness (QED) is 0.522. The number of hydrogen-bond acceptors (Lipinski definition) is 6. The molecule has 4 heterocycles. The minimum Gasteiger partial charge on any atom is -0.388 e. The molecule has 1 spiro atoms. The van der Waals surface area contributed by atoms with E-state index in [2.05, 4.69) is 15.0 Å². The minimum absolute atomic E-state index is 0.0210. The molecule has 11 heteroatoms. The lowest BCUT2D eigenvalue weighted by atomic mass is 9.61. The summed E-state index contributed by atoms with van der Waals surface area (Å²) >= 11 is 0. The molecule has 0 bridgehead atoms. The number of nitrogens with zero attached hydrogens (tertiary/aromatic N) is 6. The van der Waals surface area contributed by atoms with Crippen LogP contribution in [0.1, 0.15) is 51.4 Å². The first-order chi connectivity index (χ1) is 19.1. The number of alkyl halides is 2. The molecule has 0 atom stereocenters. The van der Waals surface area contributed by atoms with Crippen LogP contribution in [0.15, 0.2) is 41.6 Å². The Morgan fingerprint density at radius 1 is 0.975 bits per heavy atom. The van der Waals surface area contributed by atoms with E-state index in [9.17, 15) is 23.5 Å². The van der Waals surface area contributed by atoms with Crippen LogP contribution in [0.5, 0.6) is 0 Å². The van der Waals surface area contributed by atoms with Crippen LogP contribution in [-0.4, -0.2) is 72.9 Å². The number of carbonyl (C=O) groups excluding carboxylic acids is 1. The molecule has 40 heavy (non-hydrogen) atoms. The zero-order valence-corrected chi connectivity index (χ0v) is 22.4. The van der Waals surface area contributed by atoms with E-state index in [1.54, 1.807) is 4.68 Å². The molecule has 2 aromatic heterocycles. The predicted molar refractivity (Wildman–Crippen MR) is 145 cm³/mol. The van der Waals surface area contributed by atoms with Crippen molar-refractivity contribution in [1.82, 2.24) is 24.2 Å². The van der Waals surface area contributed by atoms with Gasteiger partial charge in [0.05, 0.1) is 24.0 Å². The first kappa shape index (κ1) is 25.6. The fourth-order valence-corrected chi connectivity index (χ4v) is 6.90. The van der Waals surface area contributed by atoms with Gasteiger partial charge in [-0.15, -0.1) is 0 Å². The molecule has 2 aliphatic heterocycles. The van der Waals surface area contributed by atoms with E-state index < -0.39 is 11.5 Å². The summed E-state index contributed by atoms with van der Waals surface area (Å²) in [5.41, 5.74) is 0.725. The van der Waals surface area contributed by atoms with Gasteiger partial charge < -0.3 is 14.9 Å². The topological polar surface area (TPSA) is 96.5 Å². The zero-order chi connectivity index (χ0) is 27.7. The molecular formula is C29H34F2N6O3. The first-order valence-corrected chi connectivity index (χ1v) is 14.3. The summed E-state index contributed by atoms with van der Waals surface area (Å²) in [7, 11) is 0. The fraction of sp³-hybridized carbons (Fsp3) is 0.586. The van der Waals surface area contributed by atoms with Crippen molar-refractivity contribution in [3.8, 4) is 5.69 Å². The van der Waals surface area contributed by atoms with Gasteiger partial charge in [0, 0.05) is 50.6 Å². The van der Waals surface area contributed by atoms with E-state index in [1.165, 1.54) is 17.1 Å². The van der Waals surface area contributed by atoms with Crippen LogP contribution in [0.25, 0.3) is 16.7 Å². The van der Waals surface area contributed by atoms with E-state index in [-0.39, 0.29) is 42.2 Å². The zero-order valence-electron chi connectivity index (χ0n) is 22.4. The average molecular weight is 553 g/mol. The Kier molecular flexibility index (Phi) is 5.82. The predicted octanol–water partition coefficient (Wildman–Crippen LogP) is 3.36. The molecule has 4 fully saturated rings. The number of aliphatic hydroxyl groups is 1. The normalized spacial score (nSPS) is 23.4. The van der Waals surface area contributed by atoms with Gasteiger partial charge in [-0.1, -0.05) is 0 Å². The summed E-state index contributed by atoms with van der Waals surface area (Å²) in [5.74, 6) is -2.13. The second-order valence-corrected chi connectivity index (χ2v) is 12.5. The van der Waals surface area contributed by atoms with Gasteiger partial charge >= 0.3 is 0 Å². The van der Waals surface area contributed by atoms with Gasteiger partial charge in [-0.2, -0.15) is 5.10 Å². The number of fused-ring (bicyclic) bond motifs is 1. The highest BCUT2D eigenvalue weighted by Gasteiger charge is 2.56. The van der Waals surface area contributed by atoms with Crippen molar-refractivity contribution < 1.29 is 18.7 Å². The smallest absolute Gasteiger partial charge is 0.264 e. The number of amides is 1. The number of piperidine rings is 2. The maximum Gasteiger partial charge on any atom is 0.264 e. The molecule has 2 aliphatic carbocycles. The van der Waals surface area contributed by atoms with Crippen molar-refractivity contribution in [2.24, 2.45) is 11.3 Å². The summed E-state index contributed by atoms with van der Waals surface area (Å²) in [5, 5.41) is 16.0. The first-order valence-electron chi connectivity index (χ1n) is 14.3. The second-order valence-electron chi connectivity index (χ2n) is 12.5. The lowest BCUT2D eigenvalue weighted by Gasteiger charge is -2.52. The Morgan fingerprint density at radius 3 is 2.25 bits per heavy atom. The number of aromatic nitrogens is 4. The molecule has 0 radical (unpaired) electrons. The van der Waals surface area contributed by atoms with Gasteiger partial charge in [0.15, 0.2) is 5.65 Å². The van der Waals surface area contributed by atoms with Crippen molar-refractivity contribution in [1.29, 1.82) is 0 Å². The van der Waals surface area contributed by atoms with Gasteiger partial charge in [0.25, 0.3) is 5.56 Å². The Morgan fingerprint density at radius 2 is 1.62 bits per heavy atom. The van der Waals surface area contributed by atoms with Gasteiger partial charge in [0.2, 0.25) is 11.8 Å². The highest BCUT2D eigenvalue weighted by atomic mass is 19.3. The van der Waals surface area contributed by atoms with Gasteiger partial charge in [-0.3, -0.25) is 14.2 Å². The molecule has 212 valence electrons. The molecule has 2 saturated heterocycles. The largest absolute Gasteiger partial charge is 0.388 e. The summed E-state index contributed by atoms with van der Waals surface area (Å²) in [6.07, 6.45) is 7.36. The van der Waals surface area contributed by atoms with Crippen LogP contribution >= 0.6 is 0 Å². The van der Waals surface area contributed by atoms with Crippen molar-refractivity contribution in [2.45, 2.75) is 69.4 Å². The molecule has 2 saturated carbocycles. The summed E-state index contributed by atoms with van der Waals surface area (Å²) in [6, 6.07) is 7.84. The number of rotatable bonds is 5. The Labute approximate surface area is 230 Å². The van der Waals surface area contributed by atoms with Crippen molar-refractivity contribution in [3.05, 3.63) is 47.1 Å². The van der Waals surface area contributed by atoms with Gasteiger partial charge in [0.1, 0.15) is 11.7 Å². The van der Waals surface area contributed by atoms with Gasteiger partial charge in [-0.25, -0.2) is 18.4 Å². The standard InChI is InChI=1S/C29H34F2N6O3/c30-29(31)16-27(17-29)7-11-34(12-8-27)21-3-5-22(6-4-21)37-24-23(15-33-37)26(39)36(19-32-24)18-28(40)9-13-35(14-10-28)25(38)20-1-2-20/h3-6,15,19-20,40H,1-2,7-14,16-18H2. The highest BCUT2D eigenvalue weighted by molar-refractivity contribution is 5.81. The number of anilines is 1. The number of hydrogen-bond donors (Lipinski definition) is 1. The van der Waals surface area contributed by atoms with E-state index in [0.717, 1.165) is 50.1 Å². The summed E-state index contributed by atoms with van der Waals surface area (Å²) < 4.78 is 29.9. The SMILES string of the molecule is O=C(C1CC1)N1CCC(O)(Cn2cnc3c(cnn3-c3ccc(N4CCC5(CC4)CC(F)(F)C5)cc3)c2=O)CC1. The lowest BCUT2D eigenvalue weighted by molar-refractivity contribution is -0.168. The molecule has 1 aromatic carbocycles. The van der Waals surface area contributed by atoms with Crippen molar-refractivity contribution in [2.75, 3.05) is 31.1 Å². The third-order valence-corrected chi connectivity index (χ3v) is 9.50. The van der Waals surface area contributed by atoms with Crippen LogP contribution in [0.3, 0.4) is 0 Å². The molecule has 4 aliphatic rings. The molecular weight excluding hydrogens is 518 g/mol. The number of carbonyl (C=O) groups is 1. The summed E-state index contributed by atoms with van der Waals surface area (Å²) in [4.78, 5) is 34.2. The fourth-order valence-electron chi connectivity index (χ4n) is 6.90. The number of benzene rings is 1. The van der Waals surface area contributed by atoms with Crippen LogP contribution in [0.2, 0.25) is 0 Å². The van der Waals surface area contributed by atoms with Crippen molar-refractivity contribution >= 4 is 22.6 Å². The molecule has 9 nitrogen and oxygen atoms in total. The molecule has 3 aromatic rings. The lowest BCUT2D eigenvalue weighted by Crippen LogP contribution is -2.52. The molecule has 1 amide bonds. The van der Waals surface area contributed by atoms with Crippen LogP contribution in [0.4, 0.5) is 14.5 Å². The minimum atomic E-state index is -2.48. The van der Waals surface area contributed by atoms with Crippen LogP contribution in [0, 0.1) is 11.3 Å². The third kappa shape index (κ3) is 4.57. The number of likely N-dealkylation sites (tertiary alicyclic amines) is 1. The van der Waals surface area contributed by atoms with Crippen molar-refractivity contribution in [3.63, 3.8) is 0 Å². The van der Waals surface area contributed by atoms with E-state index in [4.69, 9.17) is 0 Å². The molecule has 1 N–H and O–H groups in total. The maximum atomic E-state index is 13.4. The Balaban J connectivity index is 1.03. The summed E-state index contributed by atoms with van der Waals surface area (Å²) in [6.45, 7) is 2.65. The number of halogens is 2. The Bertz CT molecular complexity index is 1490. The monoisotopic (exact) mass is 552 g/mol. The van der Waals surface area contributed by atoms with E-state index >= 15 is 0 Å². The maximum absolute atomic E-state index is 13.4. The van der Waals surface area contributed by atoms with Gasteiger partial charge in [-0.05, 0) is 68.2 Å². The van der Waals surface area contributed by atoms with Crippen LogP contribution in [-0.2, 0) is 11.3 Å². The highest BCUT2D eigenvalue weighted by Crippen LogP contribution is 2.57. The van der Waals surface area contributed by atoms with Crippen LogP contribution < -0.4 is 10.5 Å². The molecule has 0 unspecified atom stereocenters.